The first kappa shape index (κ1) is 44.8. The molecule has 0 aromatic heterocycles. The second kappa shape index (κ2) is 22.7. The van der Waals surface area contributed by atoms with Crippen LogP contribution in [0.4, 0.5) is 0 Å². The van der Waals surface area contributed by atoms with E-state index in [4.69, 9.17) is 5.73 Å². The zero-order valence-electron chi connectivity index (χ0n) is 37.9. The monoisotopic (exact) mass is 855 g/mol. The maximum Gasteiger partial charge on any atom is 0.0351 e. The maximum absolute atomic E-state index is 6.60. The number of hydrogen-bond donors (Lipinski definition) is 3. The summed E-state index contributed by atoms with van der Waals surface area (Å²) in [4.78, 5) is 0. The van der Waals surface area contributed by atoms with Crippen LogP contribution >= 0.6 is 0 Å². The van der Waals surface area contributed by atoms with Gasteiger partial charge >= 0.3 is 0 Å². The van der Waals surface area contributed by atoms with Crippen LogP contribution < -0.4 is 16.6 Å². The molecule has 0 heterocycles. The molecular weight excluding hydrogens is 799 g/mol. The van der Waals surface area contributed by atoms with Crippen LogP contribution in [0.5, 0.6) is 0 Å². The van der Waals surface area contributed by atoms with Crippen molar-refractivity contribution in [1.82, 2.24) is 10.9 Å². The molecule has 0 atom stereocenters. The van der Waals surface area contributed by atoms with Gasteiger partial charge in [-0.3, -0.25) is 10.9 Å². The van der Waals surface area contributed by atoms with Gasteiger partial charge in [0.15, 0.2) is 0 Å². The summed E-state index contributed by atoms with van der Waals surface area (Å²) >= 11 is 0. The second-order valence-corrected chi connectivity index (χ2v) is 16.5. The fraction of sp³-hybridized carbons (Fsp3) is 0.0794. The molecule has 66 heavy (non-hydrogen) atoms. The highest BCUT2D eigenvalue weighted by molar-refractivity contribution is 6.14. The van der Waals surface area contributed by atoms with Crippen molar-refractivity contribution >= 4 is 27.2 Å². The molecule has 4 N–H and O–H groups in total. The van der Waals surface area contributed by atoms with Crippen molar-refractivity contribution in [2.24, 2.45) is 5.73 Å². The third-order valence-electron chi connectivity index (χ3n) is 11.7. The van der Waals surface area contributed by atoms with Crippen molar-refractivity contribution < 1.29 is 0 Å². The number of rotatable bonds is 11. The average Bonchev–Trinajstić information content (AvgIpc) is 3.38. The van der Waals surface area contributed by atoms with Crippen molar-refractivity contribution in [3.8, 4) is 33.4 Å². The average molecular weight is 856 g/mol. The molecule has 0 saturated heterocycles. The van der Waals surface area contributed by atoms with Crippen LogP contribution in [0.1, 0.15) is 33.4 Å². The van der Waals surface area contributed by atoms with E-state index in [1.54, 1.807) is 0 Å². The Hall–Kier alpha value is -7.82. The topological polar surface area (TPSA) is 50.1 Å². The molecular formula is C63H57N3. The molecule has 10 rings (SSSR count). The molecule has 0 unspecified atom stereocenters. The molecule has 0 fully saturated rings. The zero-order chi connectivity index (χ0) is 45.3. The Kier molecular flexibility index (Phi) is 15.4. The first-order valence-corrected chi connectivity index (χ1v) is 22.8. The van der Waals surface area contributed by atoms with Gasteiger partial charge in [0.05, 0.1) is 0 Å². The van der Waals surface area contributed by atoms with E-state index in [0.717, 1.165) is 36.3 Å². The second-order valence-electron chi connectivity index (χ2n) is 16.5. The fourth-order valence-electron chi connectivity index (χ4n) is 8.16. The molecule has 0 bridgehead atoms. The molecule has 0 saturated carbocycles. The van der Waals surface area contributed by atoms with E-state index in [2.05, 4.69) is 225 Å². The minimum absolute atomic E-state index is 0.729. The Labute approximate surface area is 390 Å². The predicted molar refractivity (Wildman–Crippen MR) is 283 cm³/mol. The molecule has 0 radical (unpaired) electrons. The predicted octanol–water partition coefficient (Wildman–Crippen LogP) is 15.3. The number of allylic oxidation sites excluding steroid dienone is 1. The lowest BCUT2D eigenvalue weighted by molar-refractivity contribution is 0.529. The molecule has 0 aliphatic heterocycles. The van der Waals surface area contributed by atoms with Crippen LogP contribution in [0.15, 0.2) is 249 Å². The molecule has 3 heteroatoms. The fourth-order valence-corrected chi connectivity index (χ4v) is 8.16. The number of nitrogens with one attached hydrogen (secondary N) is 2. The maximum atomic E-state index is 6.60. The highest BCUT2D eigenvalue weighted by atomic mass is 15.3. The lowest BCUT2D eigenvalue weighted by Gasteiger charge is -2.20. The molecule has 10 aromatic carbocycles. The quantitative estimate of drug-likeness (QED) is 0.0897. The normalized spacial score (nSPS) is 11.0. The Bertz CT molecular complexity index is 3050. The summed E-state index contributed by atoms with van der Waals surface area (Å²) in [7, 11) is 0. The van der Waals surface area contributed by atoms with Crippen molar-refractivity contribution in [2.75, 3.05) is 0 Å². The number of fused-ring (bicyclic) bond motifs is 2. The Morgan fingerprint density at radius 3 is 1.20 bits per heavy atom. The molecule has 0 amide bonds. The van der Waals surface area contributed by atoms with E-state index < -0.39 is 0 Å². The SMILES string of the molecule is Cc1ccccc1.Cc1ccccc1.N/C(=C\Cc1ccccc1)c1ccc(-c2ccc3ccccc3c2-c2c(-c3ccc(CNNCc4ccccc4)cc3)ccc3ccccc23)cc1. The molecule has 10 aromatic rings. The van der Waals surface area contributed by atoms with Crippen molar-refractivity contribution in [3.05, 3.63) is 282 Å². The Morgan fingerprint density at radius 1 is 0.379 bits per heavy atom. The van der Waals surface area contributed by atoms with Crippen molar-refractivity contribution in [3.63, 3.8) is 0 Å². The molecule has 0 spiro atoms. The van der Waals surface area contributed by atoms with E-state index in [0.29, 0.717) is 0 Å². The van der Waals surface area contributed by atoms with E-state index in [9.17, 15) is 0 Å². The largest absolute Gasteiger partial charge is 0.398 e. The third kappa shape index (κ3) is 11.8. The third-order valence-corrected chi connectivity index (χ3v) is 11.7. The Balaban J connectivity index is 0.000000361. The summed E-state index contributed by atoms with van der Waals surface area (Å²) in [6, 6.07) is 85.6. The smallest absolute Gasteiger partial charge is 0.0351 e. The number of hydrazine groups is 1. The van der Waals surface area contributed by atoms with Gasteiger partial charge in [0.1, 0.15) is 0 Å². The zero-order valence-corrected chi connectivity index (χ0v) is 37.9. The van der Waals surface area contributed by atoms with Crippen LogP contribution in [0.2, 0.25) is 0 Å². The Morgan fingerprint density at radius 2 is 0.758 bits per heavy atom. The van der Waals surface area contributed by atoms with E-state index in [-0.39, 0.29) is 0 Å². The van der Waals surface area contributed by atoms with Gasteiger partial charge in [-0.2, -0.15) is 0 Å². The van der Waals surface area contributed by atoms with Crippen molar-refractivity contribution in [2.45, 2.75) is 33.4 Å². The molecule has 0 aliphatic rings. The van der Waals surface area contributed by atoms with Crippen LogP contribution in [0.3, 0.4) is 0 Å². The molecule has 324 valence electrons. The van der Waals surface area contributed by atoms with Gasteiger partial charge in [0.2, 0.25) is 0 Å². The highest BCUT2D eigenvalue weighted by Gasteiger charge is 2.19. The van der Waals surface area contributed by atoms with Crippen LogP contribution in [0, 0.1) is 13.8 Å². The summed E-state index contributed by atoms with van der Waals surface area (Å²) < 4.78 is 0. The number of aryl methyl sites for hydroxylation is 2. The van der Waals surface area contributed by atoms with Gasteiger partial charge in [0, 0.05) is 18.8 Å². The van der Waals surface area contributed by atoms with E-state index in [1.165, 1.54) is 77.2 Å². The summed E-state index contributed by atoms with van der Waals surface area (Å²) in [5, 5.41) is 4.90. The van der Waals surface area contributed by atoms with Crippen LogP contribution in [-0.4, -0.2) is 0 Å². The standard InChI is InChI=1S/C49H41N3.2C7H8/c50-47(32-21-35-11-3-1-4-12-35)42-26-24-41(25-27-42)46-31-29-39-16-8-10-18-44(39)49(46)48-43-17-9-7-15-38(43)28-30-45(48)40-22-19-37(20-23-40)34-52-51-33-36-13-5-2-6-14-36;2*1-7-5-3-2-4-6-7/h1-20,22-32,51-52H,21,33-34,50H2;2*2-6H,1H3/b47-32-;;. The molecule has 3 nitrogen and oxygen atoms in total. The van der Waals surface area contributed by atoms with Gasteiger partial charge < -0.3 is 5.73 Å². The summed E-state index contributed by atoms with van der Waals surface area (Å²) in [6.07, 6.45) is 2.91. The number of nitrogens with two attached hydrogens (primary N) is 1. The lowest BCUT2D eigenvalue weighted by atomic mass is 9.83. The summed E-state index contributed by atoms with van der Waals surface area (Å²) in [5.74, 6) is 0. The van der Waals surface area contributed by atoms with Gasteiger partial charge in [-0.15, -0.1) is 0 Å². The minimum atomic E-state index is 0.729. The van der Waals surface area contributed by atoms with Crippen LogP contribution in [0.25, 0.3) is 60.6 Å². The molecule has 0 aliphatic carbocycles. The van der Waals surface area contributed by atoms with Gasteiger partial charge in [-0.1, -0.05) is 260 Å². The van der Waals surface area contributed by atoms with Gasteiger partial charge in [-0.05, 0) is 97.4 Å². The number of hydrogen-bond acceptors (Lipinski definition) is 3. The van der Waals surface area contributed by atoms with E-state index >= 15 is 0 Å². The minimum Gasteiger partial charge on any atom is -0.398 e. The first-order chi connectivity index (χ1) is 32.5. The highest BCUT2D eigenvalue weighted by Crippen LogP contribution is 2.46. The summed E-state index contributed by atoms with van der Waals surface area (Å²) in [6.45, 7) is 5.67. The van der Waals surface area contributed by atoms with E-state index in [1.807, 2.05) is 48.5 Å². The number of benzene rings is 10. The van der Waals surface area contributed by atoms with Crippen molar-refractivity contribution in [1.29, 1.82) is 0 Å². The summed E-state index contributed by atoms with van der Waals surface area (Å²) in [5.41, 5.74) is 28.7. The van der Waals surface area contributed by atoms with Gasteiger partial charge in [-0.25, -0.2) is 0 Å². The van der Waals surface area contributed by atoms with Crippen LogP contribution in [-0.2, 0) is 19.5 Å². The lowest BCUT2D eigenvalue weighted by Crippen LogP contribution is -2.30. The first-order valence-electron chi connectivity index (χ1n) is 22.8. The van der Waals surface area contributed by atoms with Gasteiger partial charge in [0.25, 0.3) is 0 Å².